The summed E-state index contributed by atoms with van der Waals surface area (Å²) >= 11 is 3.43. The largest absolute Gasteiger partial charge is 0.322 e. The van der Waals surface area contributed by atoms with Gasteiger partial charge in [0.25, 0.3) is 5.91 Å². The Morgan fingerprint density at radius 1 is 1.07 bits per heavy atom. The maximum absolute atomic E-state index is 13.6. The third-order valence-electron chi connectivity index (χ3n) is 4.40. The molecule has 0 fully saturated rings. The monoisotopic (exact) mass is 424 g/mol. The molecular formula is C22H18BrFN2O. The summed E-state index contributed by atoms with van der Waals surface area (Å²) < 4.78 is 14.6. The molecule has 0 saturated carbocycles. The van der Waals surface area contributed by atoms with Crippen LogP contribution in [0.1, 0.15) is 32.6 Å². The van der Waals surface area contributed by atoms with Crippen LogP contribution in [0.25, 0.3) is 5.57 Å². The van der Waals surface area contributed by atoms with Gasteiger partial charge in [0.1, 0.15) is 5.82 Å². The number of carbonyl (C=O) groups is 1. The maximum atomic E-state index is 13.6. The van der Waals surface area contributed by atoms with E-state index in [9.17, 15) is 9.18 Å². The van der Waals surface area contributed by atoms with Crippen molar-refractivity contribution in [1.82, 2.24) is 4.98 Å². The summed E-state index contributed by atoms with van der Waals surface area (Å²) in [5.74, 6) is -0.890. The van der Waals surface area contributed by atoms with Crippen molar-refractivity contribution in [3.8, 4) is 0 Å². The van der Waals surface area contributed by atoms with Gasteiger partial charge >= 0.3 is 0 Å². The molecule has 3 rings (SSSR count). The summed E-state index contributed by atoms with van der Waals surface area (Å²) in [6.45, 7) is 7.71. The van der Waals surface area contributed by atoms with Gasteiger partial charge in [-0.05, 0) is 60.4 Å². The lowest BCUT2D eigenvalue weighted by Gasteiger charge is -2.13. The molecule has 2 aromatic carbocycles. The second-order valence-electron chi connectivity index (χ2n) is 6.26. The number of halogens is 2. The van der Waals surface area contributed by atoms with E-state index in [0.29, 0.717) is 5.69 Å². The molecule has 0 spiro atoms. The summed E-state index contributed by atoms with van der Waals surface area (Å²) in [6.07, 6.45) is 2.46. The van der Waals surface area contributed by atoms with E-state index in [2.05, 4.69) is 32.8 Å². The van der Waals surface area contributed by atoms with Crippen LogP contribution in [0, 0.1) is 19.7 Å². The van der Waals surface area contributed by atoms with Crippen LogP contribution in [0.4, 0.5) is 10.1 Å². The Kier molecular flexibility index (Phi) is 5.51. The Hall–Kier alpha value is -2.79. The van der Waals surface area contributed by atoms with Gasteiger partial charge in [0.05, 0.1) is 11.8 Å². The van der Waals surface area contributed by atoms with Crippen molar-refractivity contribution in [2.24, 2.45) is 0 Å². The summed E-state index contributed by atoms with van der Waals surface area (Å²) in [7, 11) is 0. The minimum Gasteiger partial charge on any atom is -0.322 e. The number of nitrogens with one attached hydrogen (secondary N) is 1. The van der Waals surface area contributed by atoms with Gasteiger partial charge in [-0.25, -0.2) is 4.39 Å². The summed E-state index contributed by atoms with van der Waals surface area (Å²) in [4.78, 5) is 16.2. The highest BCUT2D eigenvalue weighted by atomic mass is 79.9. The number of hydrogen-bond donors (Lipinski definition) is 1. The number of anilines is 1. The third-order valence-corrected chi connectivity index (χ3v) is 4.93. The Morgan fingerprint density at radius 3 is 2.44 bits per heavy atom. The first-order valence-corrected chi connectivity index (χ1v) is 9.13. The molecule has 0 saturated heterocycles. The molecule has 0 unspecified atom stereocenters. The van der Waals surface area contributed by atoms with E-state index in [0.717, 1.165) is 32.9 Å². The molecule has 1 amide bonds. The molecule has 0 aliphatic carbocycles. The molecule has 1 N–H and O–H groups in total. The van der Waals surface area contributed by atoms with Crippen LogP contribution in [-0.4, -0.2) is 10.9 Å². The zero-order chi connectivity index (χ0) is 19.6. The Balaban J connectivity index is 1.82. The Labute approximate surface area is 166 Å². The van der Waals surface area contributed by atoms with Crippen LogP contribution in [0.2, 0.25) is 0 Å². The van der Waals surface area contributed by atoms with E-state index in [1.165, 1.54) is 6.20 Å². The van der Waals surface area contributed by atoms with Crippen LogP contribution in [-0.2, 0) is 0 Å². The molecule has 3 nitrogen and oxygen atoms in total. The van der Waals surface area contributed by atoms with Gasteiger partial charge in [0, 0.05) is 21.9 Å². The molecule has 0 atom stereocenters. The van der Waals surface area contributed by atoms with Crippen LogP contribution >= 0.6 is 15.9 Å². The molecule has 3 aromatic rings. The number of aryl methyl sites for hydroxylation is 1. The average molecular weight is 425 g/mol. The molecule has 0 aliphatic heterocycles. The van der Waals surface area contributed by atoms with E-state index in [4.69, 9.17) is 0 Å². The summed E-state index contributed by atoms with van der Waals surface area (Å²) in [6, 6.07) is 13.6. The van der Waals surface area contributed by atoms with Crippen molar-refractivity contribution in [3.63, 3.8) is 0 Å². The zero-order valence-corrected chi connectivity index (χ0v) is 16.6. The second-order valence-corrected chi connectivity index (χ2v) is 7.18. The van der Waals surface area contributed by atoms with Gasteiger partial charge in [-0.15, -0.1) is 0 Å². The molecule has 0 radical (unpaired) electrons. The standard InChI is InChI=1S/C22H18BrFN2O/c1-13-10-18(26-22(27)20-11-25-12-21(24)15(20)3)8-9-19(13)14(2)16-4-6-17(23)7-5-16/h4-12H,2H2,1,3H3,(H,26,27). The van der Waals surface area contributed by atoms with Gasteiger partial charge < -0.3 is 5.32 Å². The predicted octanol–water partition coefficient (Wildman–Crippen LogP) is 5.91. The Morgan fingerprint density at radius 2 is 1.78 bits per heavy atom. The summed E-state index contributed by atoms with van der Waals surface area (Å²) in [5.41, 5.74) is 5.04. The van der Waals surface area contributed by atoms with E-state index in [-0.39, 0.29) is 11.1 Å². The number of rotatable bonds is 4. The molecule has 1 aromatic heterocycles. The zero-order valence-electron chi connectivity index (χ0n) is 15.0. The average Bonchev–Trinajstić information content (AvgIpc) is 2.64. The molecule has 0 aliphatic rings. The van der Waals surface area contributed by atoms with Crippen LogP contribution < -0.4 is 5.32 Å². The maximum Gasteiger partial charge on any atom is 0.257 e. The normalized spacial score (nSPS) is 10.5. The summed E-state index contributed by atoms with van der Waals surface area (Å²) in [5, 5.41) is 2.80. The van der Waals surface area contributed by atoms with Gasteiger partial charge in [-0.3, -0.25) is 9.78 Å². The van der Waals surface area contributed by atoms with E-state index in [1.807, 2.05) is 49.4 Å². The van der Waals surface area contributed by atoms with Crippen molar-refractivity contribution < 1.29 is 9.18 Å². The van der Waals surface area contributed by atoms with E-state index >= 15 is 0 Å². The van der Waals surface area contributed by atoms with Crippen molar-refractivity contribution in [3.05, 3.63) is 99.5 Å². The fraction of sp³-hybridized carbons (Fsp3) is 0.0909. The van der Waals surface area contributed by atoms with Crippen molar-refractivity contribution in [2.45, 2.75) is 13.8 Å². The van der Waals surface area contributed by atoms with Crippen LogP contribution in [0.5, 0.6) is 0 Å². The van der Waals surface area contributed by atoms with Crippen molar-refractivity contribution in [2.75, 3.05) is 5.32 Å². The third kappa shape index (κ3) is 4.14. The SMILES string of the molecule is C=C(c1ccc(Br)cc1)c1ccc(NC(=O)c2cncc(F)c2C)cc1C. The number of carbonyl (C=O) groups excluding carboxylic acids is 1. The molecule has 5 heteroatoms. The lowest BCUT2D eigenvalue weighted by molar-refractivity contribution is 0.102. The van der Waals surface area contributed by atoms with E-state index in [1.54, 1.807) is 6.92 Å². The second kappa shape index (κ2) is 7.84. The number of amides is 1. The Bertz CT molecular complexity index is 1030. The van der Waals surface area contributed by atoms with E-state index < -0.39 is 11.7 Å². The lowest BCUT2D eigenvalue weighted by atomic mass is 9.95. The number of hydrogen-bond acceptors (Lipinski definition) is 2. The first-order chi connectivity index (χ1) is 12.9. The molecule has 1 heterocycles. The van der Waals surface area contributed by atoms with Gasteiger partial charge in [0.15, 0.2) is 0 Å². The minimum absolute atomic E-state index is 0.219. The first kappa shape index (κ1) is 19.0. The number of pyridine rings is 1. The number of nitrogens with zero attached hydrogens (tertiary/aromatic N) is 1. The van der Waals surface area contributed by atoms with Crippen molar-refractivity contribution >= 4 is 33.1 Å². The highest BCUT2D eigenvalue weighted by Crippen LogP contribution is 2.27. The number of aromatic nitrogens is 1. The first-order valence-electron chi connectivity index (χ1n) is 8.34. The fourth-order valence-electron chi connectivity index (χ4n) is 2.81. The molecule has 0 bridgehead atoms. The van der Waals surface area contributed by atoms with Gasteiger partial charge in [-0.2, -0.15) is 0 Å². The smallest absolute Gasteiger partial charge is 0.257 e. The van der Waals surface area contributed by atoms with Crippen LogP contribution in [0.15, 0.2) is 65.9 Å². The lowest BCUT2D eigenvalue weighted by Crippen LogP contribution is -2.14. The minimum atomic E-state index is -0.500. The van der Waals surface area contributed by atoms with Gasteiger partial charge in [0.2, 0.25) is 0 Å². The highest BCUT2D eigenvalue weighted by molar-refractivity contribution is 9.10. The van der Waals surface area contributed by atoms with Crippen LogP contribution in [0.3, 0.4) is 0 Å². The van der Waals surface area contributed by atoms with Gasteiger partial charge in [-0.1, -0.05) is 40.7 Å². The topological polar surface area (TPSA) is 42.0 Å². The molecule has 136 valence electrons. The fourth-order valence-corrected chi connectivity index (χ4v) is 3.08. The predicted molar refractivity (Wildman–Crippen MR) is 110 cm³/mol. The molecular weight excluding hydrogens is 407 g/mol. The highest BCUT2D eigenvalue weighted by Gasteiger charge is 2.14. The van der Waals surface area contributed by atoms with Crippen molar-refractivity contribution in [1.29, 1.82) is 0 Å². The quantitative estimate of drug-likeness (QED) is 0.565. The molecule has 27 heavy (non-hydrogen) atoms. The number of benzene rings is 2.